The summed E-state index contributed by atoms with van der Waals surface area (Å²) < 4.78 is 0. The van der Waals surface area contributed by atoms with E-state index in [9.17, 15) is 0 Å². The number of rotatable bonds is 8. The smallest absolute Gasteiger partial charge is 0.0110 e. The lowest BCUT2D eigenvalue weighted by atomic mass is 9.82. The van der Waals surface area contributed by atoms with Crippen LogP contribution in [0.5, 0.6) is 0 Å². The van der Waals surface area contributed by atoms with Gasteiger partial charge in [0.1, 0.15) is 0 Å². The molecule has 0 fully saturated rings. The summed E-state index contributed by atoms with van der Waals surface area (Å²) in [5.41, 5.74) is 1.88. The van der Waals surface area contributed by atoms with E-state index in [0.717, 1.165) is 18.9 Å². The number of hydrogen-bond acceptors (Lipinski definition) is 1. The molecule has 0 aliphatic heterocycles. The molecule has 0 amide bonds. The molecule has 1 heteroatoms. The van der Waals surface area contributed by atoms with Gasteiger partial charge in [-0.05, 0) is 49.1 Å². The van der Waals surface area contributed by atoms with Crippen LogP contribution in [0.3, 0.4) is 0 Å². The molecule has 0 saturated heterocycles. The molecular weight excluding hydrogens is 242 g/mol. The summed E-state index contributed by atoms with van der Waals surface area (Å²) in [6.07, 6.45) is 4.92. The topological polar surface area (TPSA) is 12.0 Å². The van der Waals surface area contributed by atoms with Crippen molar-refractivity contribution >= 4 is 0 Å². The van der Waals surface area contributed by atoms with Crippen LogP contribution in [0.4, 0.5) is 0 Å². The van der Waals surface area contributed by atoms with Crippen LogP contribution >= 0.6 is 0 Å². The van der Waals surface area contributed by atoms with Crippen LogP contribution in [-0.2, 0) is 6.42 Å². The summed E-state index contributed by atoms with van der Waals surface area (Å²) in [5, 5.41) is 3.73. The SMILES string of the molecule is CCCNC(Cc1ccccc1)CC(C)CC(C)(C)C. The first-order valence-electron chi connectivity index (χ1n) is 8.18. The predicted octanol–water partition coefficient (Wildman–Crippen LogP) is 5.06. The Balaban J connectivity index is 2.55. The zero-order valence-electron chi connectivity index (χ0n) is 14.1. The van der Waals surface area contributed by atoms with Gasteiger partial charge in [0.15, 0.2) is 0 Å². The highest BCUT2D eigenvalue weighted by Crippen LogP contribution is 2.27. The van der Waals surface area contributed by atoms with Crippen molar-refractivity contribution in [2.75, 3.05) is 6.54 Å². The van der Waals surface area contributed by atoms with Crippen molar-refractivity contribution in [1.29, 1.82) is 0 Å². The molecule has 1 nitrogen and oxygen atoms in total. The van der Waals surface area contributed by atoms with Gasteiger partial charge in [-0.15, -0.1) is 0 Å². The first-order valence-corrected chi connectivity index (χ1v) is 8.18. The largest absolute Gasteiger partial charge is 0.314 e. The third-order valence-electron chi connectivity index (χ3n) is 3.66. The summed E-state index contributed by atoms with van der Waals surface area (Å²) in [6.45, 7) is 12.8. The molecule has 0 radical (unpaired) electrons. The van der Waals surface area contributed by atoms with E-state index in [1.807, 2.05) is 0 Å². The zero-order chi connectivity index (χ0) is 15.0. The van der Waals surface area contributed by atoms with Crippen LogP contribution in [0.25, 0.3) is 0 Å². The van der Waals surface area contributed by atoms with Crippen molar-refractivity contribution in [3.05, 3.63) is 35.9 Å². The molecule has 2 atom stereocenters. The minimum atomic E-state index is 0.432. The summed E-state index contributed by atoms with van der Waals surface area (Å²) in [4.78, 5) is 0. The fraction of sp³-hybridized carbons (Fsp3) is 0.684. The van der Waals surface area contributed by atoms with E-state index in [4.69, 9.17) is 0 Å². The summed E-state index contributed by atoms with van der Waals surface area (Å²) in [6, 6.07) is 11.5. The van der Waals surface area contributed by atoms with Crippen molar-refractivity contribution in [2.24, 2.45) is 11.3 Å². The molecule has 1 N–H and O–H groups in total. The molecule has 0 aliphatic carbocycles. The molecule has 1 rings (SSSR count). The van der Waals surface area contributed by atoms with E-state index < -0.39 is 0 Å². The second-order valence-corrected chi connectivity index (χ2v) is 7.45. The third-order valence-corrected chi connectivity index (χ3v) is 3.66. The Bertz CT molecular complexity index is 350. The molecule has 0 aliphatic rings. The normalized spacial score (nSPS) is 15.1. The van der Waals surface area contributed by atoms with Crippen LogP contribution in [0.1, 0.15) is 59.4 Å². The number of benzene rings is 1. The molecule has 20 heavy (non-hydrogen) atoms. The van der Waals surface area contributed by atoms with E-state index in [0.29, 0.717) is 11.5 Å². The maximum Gasteiger partial charge on any atom is 0.0110 e. The molecule has 1 aromatic carbocycles. The first kappa shape index (κ1) is 17.2. The molecule has 0 spiro atoms. The summed E-state index contributed by atoms with van der Waals surface area (Å²) >= 11 is 0. The van der Waals surface area contributed by atoms with Crippen LogP contribution in [-0.4, -0.2) is 12.6 Å². The average Bonchev–Trinajstić information content (AvgIpc) is 2.35. The van der Waals surface area contributed by atoms with E-state index in [2.05, 4.69) is 70.3 Å². The van der Waals surface area contributed by atoms with Gasteiger partial charge in [-0.3, -0.25) is 0 Å². The summed E-state index contributed by atoms with van der Waals surface area (Å²) in [5.74, 6) is 0.771. The molecular formula is C19H33N. The highest BCUT2D eigenvalue weighted by atomic mass is 14.9. The standard InChI is InChI=1S/C19H33N/c1-6-12-20-18(13-16(2)15-19(3,4)5)14-17-10-8-7-9-11-17/h7-11,16,18,20H,6,12-15H2,1-5H3. The highest BCUT2D eigenvalue weighted by Gasteiger charge is 2.19. The Labute approximate surface area is 126 Å². The van der Waals surface area contributed by atoms with Crippen molar-refractivity contribution in [2.45, 2.75) is 66.3 Å². The molecule has 0 heterocycles. The van der Waals surface area contributed by atoms with Crippen molar-refractivity contribution in [3.8, 4) is 0 Å². The molecule has 1 aromatic rings. The lowest BCUT2D eigenvalue weighted by Crippen LogP contribution is -2.34. The van der Waals surface area contributed by atoms with Crippen LogP contribution in [0.15, 0.2) is 30.3 Å². The average molecular weight is 275 g/mol. The quantitative estimate of drug-likeness (QED) is 0.699. The highest BCUT2D eigenvalue weighted by molar-refractivity contribution is 5.15. The van der Waals surface area contributed by atoms with Gasteiger partial charge in [-0.25, -0.2) is 0 Å². The van der Waals surface area contributed by atoms with E-state index in [-0.39, 0.29) is 0 Å². The molecule has 0 bridgehead atoms. The van der Waals surface area contributed by atoms with E-state index >= 15 is 0 Å². The van der Waals surface area contributed by atoms with Gasteiger partial charge in [0.2, 0.25) is 0 Å². The fourth-order valence-electron chi connectivity index (χ4n) is 3.10. The van der Waals surface area contributed by atoms with Gasteiger partial charge in [-0.1, -0.05) is 65.0 Å². The van der Waals surface area contributed by atoms with Crippen LogP contribution in [0.2, 0.25) is 0 Å². The number of hydrogen-bond donors (Lipinski definition) is 1. The molecule has 0 saturated carbocycles. The van der Waals surface area contributed by atoms with Crippen molar-refractivity contribution < 1.29 is 0 Å². The Hall–Kier alpha value is -0.820. The van der Waals surface area contributed by atoms with E-state index in [1.165, 1.54) is 24.8 Å². The third kappa shape index (κ3) is 7.69. The Morgan fingerprint density at radius 1 is 1.10 bits per heavy atom. The van der Waals surface area contributed by atoms with Gasteiger partial charge in [0, 0.05) is 6.04 Å². The Kier molecular flexibility index (Phi) is 7.29. The maximum atomic E-state index is 3.73. The molecule has 0 aromatic heterocycles. The second kappa shape index (κ2) is 8.46. The summed E-state index contributed by atoms with van der Waals surface area (Å²) in [7, 11) is 0. The Morgan fingerprint density at radius 2 is 1.75 bits per heavy atom. The van der Waals surface area contributed by atoms with Crippen LogP contribution < -0.4 is 5.32 Å². The van der Waals surface area contributed by atoms with Crippen LogP contribution in [0, 0.1) is 11.3 Å². The minimum absolute atomic E-state index is 0.432. The molecule has 114 valence electrons. The van der Waals surface area contributed by atoms with Gasteiger partial charge < -0.3 is 5.32 Å². The van der Waals surface area contributed by atoms with Gasteiger partial charge in [-0.2, -0.15) is 0 Å². The lowest BCUT2D eigenvalue weighted by molar-refractivity contribution is 0.274. The zero-order valence-corrected chi connectivity index (χ0v) is 14.1. The molecule has 2 unspecified atom stereocenters. The Morgan fingerprint density at radius 3 is 2.30 bits per heavy atom. The van der Waals surface area contributed by atoms with Crippen molar-refractivity contribution in [1.82, 2.24) is 5.32 Å². The minimum Gasteiger partial charge on any atom is -0.314 e. The van der Waals surface area contributed by atoms with Gasteiger partial charge >= 0.3 is 0 Å². The fourth-order valence-corrected chi connectivity index (χ4v) is 3.10. The predicted molar refractivity (Wildman–Crippen MR) is 90.1 cm³/mol. The first-order chi connectivity index (χ1) is 9.40. The van der Waals surface area contributed by atoms with E-state index in [1.54, 1.807) is 0 Å². The lowest BCUT2D eigenvalue weighted by Gasteiger charge is -2.27. The van der Waals surface area contributed by atoms with Gasteiger partial charge in [0.25, 0.3) is 0 Å². The maximum absolute atomic E-state index is 3.73. The van der Waals surface area contributed by atoms with Gasteiger partial charge in [0.05, 0.1) is 0 Å². The monoisotopic (exact) mass is 275 g/mol. The van der Waals surface area contributed by atoms with Crippen molar-refractivity contribution in [3.63, 3.8) is 0 Å². The number of nitrogens with one attached hydrogen (secondary N) is 1. The second-order valence-electron chi connectivity index (χ2n) is 7.45.